The van der Waals surface area contributed by atoms with Crippen LogP contribution >= 0.6 is 0 Å². The van der Waals surface area contributed by atoms with Gasteiger partial charge in [0.25, 0.3) is 17.7 Å². The van der Waals surface area contributed by atoms with E-state index >= 15 is 0 Å². The Bertz CT molecular complexity index is 4070. The van der Waals surface area contributed by atoms with E-state index in [9.17, 15) is 69.8 Å². The number of nitrogens with two attached hydrogens (primary N) is 1. The first-order valence-corrected chi connectivity index (χ1v) is 29.9. The Morgan fingerprint density at radius 1 is 0.594 bits per heavy atom. The Morgan fingerprint density at radius 3 is 1.30 bits per heavy atom. The van der Waals surface area contributed by atoms with Crippen LogP contribution in [-0.2, 0) is 9.47 Å². The SMILES string of the molecule is CC.CC(C)(C)OC(=O)N(CC(F)(F)F)c1cc(-c2nc(C(=O)Nc3cn(-c4ccc(C=O)cc4)nc3C(=O)O)co2)ccn1.CN(C)CCN.CN(C)CCNC(=O)c1nn(-c2ccc(C=O)cc2)cc1NC(=O)c1coc(-c2ccnc(N(CC(F)(F)F)C(=O)OC(C)(C)C)c2)n1.[CH3-].[U]. The molecule has 6 heterocycles. The second-order valence-corrected chi connectivity index (χ2v) is 23.2. The molecular weight excluding hydrogens is 1560 g/mol. The summed E-state index contributed by atoms with van der Waals surface area (Å²) in [5.41, 5.74) is 3.72. The van der Waals surface area contributed by atoms with Crippen molar-refractivity contribution in [3.05, 3.63) is 151 Å². The molecule has 0 saturated heterocycles. The summed E-state index contributed by atoms with van der Waals surface area (Å²) in [6, 6.07) is 17.4. The number of carboxylic acids is 1. The Labute approximate surface area is 600 Å². The van der Waals surface area contributed by atoms with Crippen LogP contribution in [0, 0.1) is 38.5 Å². The Balaban J connectivity index is 0.000000468. The summed E-state index contributed by atoms with van der Waals surface area (Å²) in [6.07, 6.45) is -3.86. The maximum absolute atomic E-state index is 13.4. The first-order chi connectivity index (χ1) is 46.4. The van der Waals surface area contributed by atoms with Gasteiger partial charge in [-0.15, -0.1) is 0 Å². The van der Waals surface area contributed by atoms with Crippen LogP contribution in [0.5, 0.6) is 0 Å². The number of amides is 5. The van der Waals surface area contributed by atoms with Crippen molar-refractivity contribution >= 4 is 71.5 Å². The van der Waals surface area contributed by atoms with Crippen LogP contribution in [0.3, 0.4) is 0 Å². The molecule has 0 saturated carbocycles. The first-order valence-electron chi connectivity index (χ1n) is 29.9. The van der Waals surface area contributed by atoms with Crippen molar-refractivity contribution in [1.82, 2.24) is 54.6 Å². The van der Waals surface area contributed by atoms with Crippen molar-refractivity contribution in [2.45, 2.75) is 78.9 Å². The van der Waals surface area contributed by atoms with Crippen molar-refractivity contribution in [2.24, 2.45) is 5.73 Å². The van der Waals surface area contributed by atoms with Gasteiger partial charge in [0.2, 0.25) is 11.8 Å². The normalized spacial score (nSPS) is 11.1. The minimum Gasteiger partial charge on any atom is -0.476 e. The molecule has 6 aromatic heterocycles. The van der Waals surface area contributed by atoms with Gasteiger partial charge in [0.05, 0.1) is 35.1 Å². The number of rotatable bonds is 21. The van der Waals surface area contributed by atoms with Crippen molar-refractivity contribution in [3.63, 3.8) is 0 Å². The fourth-order valence-corrected chi connectivity index (χ4v) is 7.93. The zero-order valence-corrected chi connectivity index (χ0v) is 61.5. The number of carbonyl (C=O) groups is 8. The molecule has 101 heavy (non-hydrogen) atoms. The van der Waals surface area contributed by atoms with Crippen LogP contribution in [0.25, 0.3) is 34.3 Å². The fourth-order valence-electron chi connectivity index (χ4n) is 7.93. The van der Waals surface area contributed by atoms with E-state index in [-0.39, 0.29) is 95.7 Å². The van der Waals surface area contributed by atoms with E-state index < -0.39 is 84.0 Å². The molecule has 36 heteroatoms. The molecule has 2 aromatic carbocycles. The van der Waals surface area contributed by atoms with E-state index in [0.29, 0.717) is 58.0 Å². The summed E-state index contributed by atoms with van der Waals surface area (Å²) in [7, 11) is 7.70. The number of aromatic carboxylic acids is 1. The minimum atomic E-state index is -4.77. The summed E-state index contributed by atoms with van der Waals surface area (Å²) in [4.78, 5) is 119. The number of ether oxygens (including phenoxy) is 2. The van der Waals surface area contributed by atoms with Crippen LogP contribution in [-0.4, -0.2) is 194 Å². The smallest absolute Gasteiger partial charge is 0.416 e. The first kappa shape index (κ1) is 85.1. The molecule has 0 radical (unpaired) electrons. The molecule has 0 spiro atoms. The maximum Gasteiger partial charge on any atom is 0.416 e. The number of aldehydes is 2. The zero-order valence-electron chi connectivity index (χ0n) is 57.3. The van der Waals surface area contributed by atoms with Crippen LogP contribution in [0.2, 0.25) is 0 Å². The number of benzene rings is 2. The van der Waals surface area contributed by atoms with Gasteiger partial charge in [-0.2, -0.15) is 36.5 Å². The number of carboxylic acid groups (broad SMARTS) is 1. The van der Waals surface area contributed by atoms with Gasteiger partial charge in [0.1, 0.15) is 61.0 Å². The number of halogens is 6. The molecule has 0 atom stereocenters. The summed E-state index contributed by atoms with van der Waals surface area (Å²) < 4.78 is 104. The van der Waals surface area contributed by atoms with Crippen molar-refractivity contribution in [3.8, 4) is 34.3 Å². The number of pyridine rings is 2. The van der Waals surface area contributed by atoms with Crippen LogP contribution in [0.15, 0.2) is 119 Å². The third-order valence-electron chi connectivity index (χ3n) is 12.3. The molecule has 0 aliphatic heterocycles. The van der Waals surface area contributed by atoms with Crippen LogP contribution in [0.1, 0.15) is 118 Å². The molecule has 542 valence electrons. The number of likely N-dealkylation sites (N-methyl/N-ethyl adjacent to an activating group) is 2. The average molecular weight is 1640 g/mol. The number of oxazole rings is 2. The summed E-state index contributed by atoms with van der Waals surface area (Å²) in [5, 5.41) is 25.6. The molecule has 0 fully saturated rings. The van der Waals surface area contributed by atoms with Gasteiger partial charge >= 0.3 is 30.5 Å². The third-order valence-corrected chi connectivity index (χ3v) is 12.3. The molecule has 8 aromatic rings. The van der Waals surface area contributed by atoms with Gasteiger partial charge in [-0.1, -0.05) is 13.8 Å². The molecule has 0 aliphatic rings. The number of aromatic nitrogens is 8. The Morgan fingerprint density at radius 2 is 0.970 bits per heavy atom. The molecule has 0 unspecified atom stereocenters. The van der Waals surface area contributed by atoms with Gasteiger partial charge < -0.3 is 62.3 Å². The Kier molecular flexibility index (Phi) is 31.9. The van der Waals surface area contributed by atoms with E-state index in [4.69, 9.17) is 24.0 Å². The van der Waals surface area contributed by atoms with Crippen molar-refractivity contribution < 1.29 is 119 Å². The molecule has 0 aliphatic carbocycles. The second-order valence-electron chi connectivity index (χ2n) is 23.2. The largest absolute Gasteiger partial charge is 0.476 e. The monoisotopic (exact) mass is 1640 g/mol. The predicted octanol–water partition coefficient (Wildman–Crippen LogP) is 10.6. The standard InChI is InChI=1S/C31H33F3N8O6.C27H23F3N6O7.C4H12N2.C2H6.CH3.U/c1-30(2,3)48-29(46)41(18-31(32,33)34)24-14-20(10-11-35-24)28-38-23(17-47-28)26(44)37-22-15-42(21-8-6-19(16-43)7-9-21)39-25(22)27(45)36-12-13-40(4)5;1-26(2,3)43-25(41)35(14-27(28,29)30)20-10-16(8-9-31-20)23-33-19(13-42-23)22(38)32-18-11-36(34-21(18)24(39)40)17-6-4-15(12-37)5-7-17;1-6(2)4-3-5;1-2;;/h6-11,14-17H,12-13,18H2,1-5H3,(H,36,45)(H,37,44);4-13H,14H2,1-3H3,(H,32,38)(H,39,40);3-5H2,1-2H3;1-2H3;1H3;/q;;;;-1;. The Hall–Kier alpha value is -10.1. The number of hydrogen-bond acceptors (Lipinski definition) is 21. The topological polar surface area (TPSA) is 364 Å². The number of nitrogens with one attached hydrogen (secondary N) is 3. The molecule has 5 amide bonds. The van der Waals surface area contributed by atoms with Gasteiger partial charge in [-0.25, -0.2) is 43.7 Å². The predicted molar refractivity (Wildman–Crippen MR) is 356 cm³/mol. The van der Waals surface area contributed by atoms with Crippen molar-refractivity contribution in [2.75, 3.05) is 87.9 Å². The summed E-state index contributed by atoms with van der Waals surface area (Å²) in [5.74, 6) is -4.82. The number of hydrogen-bond donors (Lipinski definition) is 5. The maximum atomic E-state index is 13.4. The fraction of sp³-hybridized carbons (Fsp3) is 0.338. The average Bonchev–Trinajstić information content (AvgIpc) is 1.75. The van der Waals surface area contributed by atoms with Gasteiger partial charge in [0, 0.05) is 91.9 Å². The van der Waals surface area contributed by atoms with Crippen LogP contribution < -0.4 is 31.5 Å². The van der Waals surface area contributed by atoms with Crippen LogP contribution in [0.4, 0.5) is 58.9 Å². The van der Waals surface area contributed by atoms with E-state index in [1.807, 2.05) is 46.9 Å². The number of anilines is 4. The quantitative estimate of drug-likeness (QED) is 0.0253. The molecular formula is C65H77F6N16O13U-. The second kappa shape index (κ2) is 37.9. The third kappa shape index (κ3) is 26.8. The molecule has 6 N–H and O–H groups in total. The van der Waals surface area contributed by atoms with Gasteiger partial charge in [-0.3, -0.25) is 33.8 Å². The molecule has 0 bridgehead atoms. The zero-order chi connectivity index (χ0) is 73.7. The minimum absolute atomic E-state index is 0. The number of nitrogens with zero attached hydrogens (tertiary/aromatic N) is 12. The summed E-state index contributed by atoms with van der Waals surface area (Å²) >= 11 is 0. The van der Waals surface area contributed by atoms with E-state index in [2.05, 4.69) is 51.0 Å². The molecule has 29 nitrogen and oxygen atoms in total. The van der Waals surface area contributed by atoms with Crippen molar-refractivity contribution in [1.29, 1.82) is 0 Å². The summed E-state index contributed by atoms with van der Waals surface area (Å²) in [6.45, 7) is 12.3. The van der Waals surface area contributed by atoms with E-state index in [0.717, 1.165) is 50.1 Å². The van der Waals surface area contributed by atoms with Gasteiger partial charge in [0.15, 0.2) is 22.8 Å². The van der Waals surface area contributed by atoms with E-state index in [1.165, 1.54) is 99.7 Å². The van der Waals surface area contributed by atoms with Gasteiger partial charge in [-0.05, 0) is 143 Å². The number of alkyl halides is 6. The number of carbonyl (C=O) groups excluding carboxylic acids is 7. The molecule has 8 rings (SSSR count). The van der Waals surface area contributed by atoms with E-state index in [1.54, 1.807) is 24.3 Å².